The third kappa shape index (κ3) is 4.06. The minimum Gasteiger partial charge on any atom is -0.493 e. The average Bonchev–Trinajstić information content (AvgIpc) is 2.47. The summed E-state index contributed by atoms with van der Waals surface area (Å²) in [6, 6.07) is 7.37. The summed E-state index contributed by atoms with van der Waals surface area (Å²) in [5.41, 5.74) is 0.625. The molecule has 0 spiro atoms. The Kier molecular flexibility index (Phi) is 5.40. The van der Waals surface area contributed by atoms with Gasteiger partial charge in [-0.25, -0.2) is 0 Å². The zero-order valence-electron chi connectivity index (χ0n) is 11.6. The van der Waals surface area contributed by atoms with Crippen molar-refractivity contribution in [1.82, 2.24) is 0 Å². The van der Waals surface area contributed by atoms with Crippen LogP contribution in [-0.2, 0) is 4.74 Å². The van der Waals surface area contributed by atoms with Gasteiger partial charge in [0.1, 0.15) is 12.4 Å². The van der Waals surface area contributed by atoms with E-state index in [1.807, 2.05) is 25.1 Å². The fraction of sp³-hybridized carbons (Fsp3) is 0.562. The molecule has 1 fully saturated rings. The van der Waals surface area contributed by atoms with E-state index in [1.54, 1.807) is 6.07 Å². The van der Waals surface area contributed by atoms with E-state index in [0.29, 0.717) is 17.9 Å². The van der Waals surface area contributed by atoms with E-state index in [4.69, 9.17) is 9.47 Å². The van der Waals surface area contributed by atoms with Crippen molar-refractivity contribution in [3.8, 4) is 5.75 Å². The Morgan fingerprint density at radius 1 is 1.21 bits per heavy atom. The summed E-state index contributed by atoms with van der Waals surface area (Å²) < 4.78 is 11.2. The molecule has 0 N–H and O–H groups in total. The minimum atomic E-state index is 0.00891. The lowest BCUT2D eigenvalue weighted by Gasteiger charge is -2.21. The molecule has 0 aromatic heterocycles. The highest BCUT2D eigenvalue weighted by atomic mass is 16.5. The molecule has 1 saturated carbocycles. The highest BCUT2D eigenvalue weighted by Crippen LogP contribution is 2.22. The third-order valence-corrected chi connectivity index (χ3v) is 3.49. The van der Waals surface area contributed by atoms with Gasteiger partial charge in [0.2, 0.25) is 0 Å². The van der Waals surface area contributed by atoms with Gasteiger partial charge in [0, 0.05) is 0 Å². The first-order chi connectivity index (χ1) is 9.31. The van der Waals surface area contributed by atoms with Gasteiger partial charge in [0.25, 0.3) is 0 Å². The molecule has 1 aliphatic carbocycles. The predicted octanol–water partition coefficient (Wildman–Crippen LogP) is 3.62. The van der Waals surface area contributed by atoms with Crippen LogP contribution in [0.25, 0.3) is 0 Å². The van der Waals surface area contributed by atoms with Gasteiger partial charge in [-0.1, -0.05) is 31.4 Å². The summed E-state index contributed by atoms with van der Waals surface area (Å²) in [6.45, 7) is 2.64. The normalized spacial score (nSPS) is 16.3. The van der Waals surface area contributed by atoms with E-state index < -0.39 is 0 Å². The number of para-hydroxylation sites is 1. The topological polar surface area (TPSA) is 35.5 Å². The number of rotatable bonds is 6. The third-order valence-electron chi connectivity index (χ3n) is 3.49. The van der Waals surface area contributed by atoms with Crippen LogP contribution in [0, 0.1) is 0 Å². The van der Waals surface area contributed by atoms with Gasteiger partial charge in [0.05, 0.1) is 18.3 Å². The van der Waals surface area contributed by atoms with Crippen LogP contribution in [0.1, 0.15) is 49.4 Å². The van der Waals surface area contributed by atoms with E-state index in [9.17, 15) is 4.79 Å². The van der Waals surface area contributed by atoms with Crippen LogP contribution >= 0.6 is 0 Å². The molecule has 1 aromatic rings. The number of hydrogen-bond acceptors (Lipinski definition) is 3. The van der Waals surface area contributed by atoms with Crippen LogP contribution in [0.2, 0.25) is 0 Å². The molecule has 0 aliphatic heterocycles. The van der Waals surface area contributed by atoms with Crippen molar-refractivity contribution in [2.24, 2.45) is 0 Å². The van der Waals surface area contributed by atoms with Gasteiger partial charge in [-0.15, -0.1) is 0 Å². The molecule has 0 bridgehead atoms. The largest absolute Gasteiger partial charge is 0.493 e. The average molecular weight is 262 g/mol. The fourth-order valence-electron chi connectivity index (χ4n) is 2.48. The molecule has 0 atom stereocenters. The molecule has 104 valence electrons. The Hall–Kier alpha value is -1.35. The van der Waals surface area contributed by atoms with Crippen LogP contribution < -0.4 is 4.74 Å². The Labute approximate surface area is 114 Å². The Bertz CT molecular complexity index is 408. The number of ketones is 1. The van der Waals surface area contributed by atoms with Gasteiger partial charge in [-0.05, 0) is 31.9 Å². The van der Waals surface area contributed by atoms with Crippen LogP contribution in [-0.4, -0.2) is 25.1 Å². The molecule has 0 amide bonds. The number of ether oxygens (including phenoxy) is 2. The summed E-state index contributed by atoms with van der Waals surface area (Å²) in [7, 11) is 0. The van der Waals surface area contributed by atoms with E-state index in [2.05, 4.69) is 0 Å². The first-order valence-electron chi connectivity index (χ1n) is 7.18. The van der Waals surface area contributed by atoms with Gasteiger partial charge < -0.3 is 9.47 Å². The zero-order valence-corrected chi connectivity index (χ0v) is 11.6. The SMILES string of the molecule is CCOc1ccccc1C(=O)COC1CCCCC1. The molecule has 0 saturated heterocycles. The number of hydrogen-bond donors (Lipinski definition) is 0. The number of carbonyl (C=O) groups is 1. The van der Waals surface area contributed by atoms with E-state index in [-0.39, 0.29) is 18.5 Å². The van der Waals surface area contributed by atoms with E-state index in [1.165, 1.54) is 19.3 Å². The van der Waals surface area contributed by atoms with Crippen LogP contribution in [0.5, 0.6) is 5.75 Å². The van der Waals surface area contributed by atoms with Gasteiger partial charge >= 0.3 is 0 Å². The molecular weight excluding hydrogens is 240 g/mol. The van der Waals surface area contributed by atoms with Crippen molar-refractivity contribution in [1.29, 1.82) is 0 Å². The van der Waals surface area contributed by atoms with E-state index in [0.717, 1.165) is 12.8 Å². The van der Waals surface area contributed by atoms with Crippen molar-refractivity contribution in [2.45, 2.75) is 45.1 Å². The quantitative estimate of drug-likeness (QED) is 0.735. The molecule has 19 heavy (non-hydrogen) atoms. The Balaban J connectivity index is 1.91. The smallest absolute Gasteiger partial charge is 0.192 e. The van der Waals surface area contributed by atoms with E-state index >= 15 is 0 Å². The van der Waals surface area contributed by atoms with Crippen LogP contribution in [0.15, 0.2) is 24.3 Å². The predicted molar refractivity (Wildman–Crippen MR) is 74.8 cm³/mol. The standard InChI is InChI=1S/C16H22O3/c1-2-18-16-11-7-6-10-14(16)15(17)12-19-13-8-4-3-5-9-13/h6-7,10-11,13H,2-5,8-9,12H2,1H3. The first kappa shape index (κ1) is 14.1. The van der Waals surface area contributed by atoms with Gasteiger partial charge in [-0.3, -0.25) is 4.79 Å². The van der Waals surface area contributed by atoms with Gasteiger partial charge in [0.15, 0.2) is 5.78 Å². The number of benzene rings is 1. The monoisotopic (exact) mass is 262 g/mol. The number of Topliss-reactive ketones (excluding diaryl/α,β-unsaturated/α-hetero) is 1. The second kappa shape index (κ2) is 7.29. The minimum absolute atomic E-state index is 0.00891. The molecule has 0 radical (unpaired) electrons. The Morgan fingerprint density at radius 3 is 2.68 bits per heavy atom. The molecular formula is C16H22O3. The lowest BCUT2D eigenvalue weighted by Crippen LogP contribution is -2.21. The second-order valence-electron chi connectivity index (χ2n) is 4.92. The Morgan fingerprint density at radius 2 is 1.95 bits per heavy atom. The summed E-state index contributed by atoms with van der Waals surface area (Å²) >= 11 is 0. The lowest BCUT2D eigenvalue weighted by atomic mass is 9.98. The summed E-state index contributed by atoms with van der Waals surface area (Å²) in [6.07, 6.45) is 6.15. The molecule has 1 aliphatic rings. The highest BCUT2D eigenvalue weighted by Gasteiger charge is 2.17. The zero-order chi connectivity index (χ0) is 13.5. The summed E-state index contributed by atoms with van der Waals surface area (Å²) in [5, 5.41) is 0. The summed E-state index contributed by atoms with van der Waals surface area (Å²) in [4.78, 5) is 12.2. The maximum atomic E-state index is 12.2. The maximum absolute atomic E-state index is 12.2. The molecule has 3 nitrogen and oxygen atoms in total. The number of carbonyl (C=O) groups excluding carboxylic acids is 1. The maximum Gasteiger partial charge on any atom is 0.192 e. The van der Waals surface area contributed by atoms with Crippen LogP contribution in [0.4, 0.5) is 0 Å². The van der Waals surface area contributed by atoms with Crippen molar-refractivity contribution < 1.29 is 14.3 Å². The van der Waals surface area contributed by atoms with Crippen molar-refractivity contribution in [3.05, 3.63) is 29.8 Å². The fourth-order valence-corrected chi connectivity index (χ4v) is 2.48. The lowest BCUT2D eigenvalue weighted by molar-refractivity contribution is 0.0283. The van der Waals surface area contributed by atoms with Crippen molar-refractivity contribution in [2.75, 3.05) is 13.2 Å². The second-order valence-corrected chi connectivity index (χ2v) is 4.92. The first-order valence-corrected chi connectivity index (χ1v) is 7.18. The summed E-state index contributed by atoms with van der Waals surface area (Å²) in [5.74, 6) is 0.664. The molecule has 3 heteroatoms. The molecule has 2 rings (SSSR count). The van der Waals surface area contributed by atoms with Gasteiger partial charge in [-0.2, -0.15) is 0 Å². The van der Waals surface area contributed by atoms with Crippen LogP contribution in [0.3, 0.4) is 0 Å². The molecule has 0 unspecified atom stereocenters. The van der Waals surface area contributed by atoms with Crippen molar-refractivity contribution >= 4 is 5.78 Å². The highest BCUT2D eigenvalue weighted by molar-refractivity contribution is 5.99. The van der Waals surface area contributed by atoms with Crippen molar-refractivity contribution in [3.63, 3.8) is 0 Å². The molecule has 1 aromatic carbocycles. The molecule has 0 heterocycles.